The molecule has 3 aromatic rings. The Labute approximate surface area is 175 Å². The number of hydrogen-bond donors (Lipinski definition) is 1. The zero-order chi connectivity index (χ0) is 21.5. The number of carbonyl (C=O) groups is 1. The number of nitrogens with one attached hydrogen (secondary N) is 1. The van der Waals surface area contributed by atoms with Gasteiger partial charge in [-0.2, -0.15) is 4.80 Å². The van der Waals surface area contributed by atoms with E-state index in [1.807, 2.05) is 6.07 Å². The van der Waals surface area contributed by atoms with Crippen LogP contribution in [0.3, 0.4) is 0 Å². The molecule has 1 N–H and O–H groups in total. The fourth-order valence-corrected chi connectivity index (χ4v) is 3.81. The first kappa shape index (κ1) is 19.2. The Morgan fingerprint density at radius 3 is 2.87 bits per heavy atom. The third kappa shape index (κ3) is 3.74. The van der Waals surface area contributed by atoms with Crippen molar-refractivity contribution in [2.24, 2.45) is 7.05 Å². The molecule has 11 heteroatoms. The van der Waals surface area contributed by atoms with Crippen molar-refractivity contribution in [3.63, 3.8) is 0 Å². The van der Waals surface area contributed by atoms with Gasteiger partial charge in [-0.05, 0) is 22.9 Å². The number of aryl methyl sites for hydroxylation is 1. The monoisotopic (exact) mass is 428 g/mol. The Balaban J connectivity index is 1.50. The summed E-state index contributed by atoms with van der Waals surface area (Å²) in [5.41, 5.74) is 1.52. The second-order valence-corrected chi connectivity index (χ2v) is 7.39. The van der Waals surface area contributed by atoms with Gasteiger partial charge in [0.05, 0.1) is 18.8 Å². The number of amides is 1. The number of ether oxygens (including phenoxy) is 2. The zero-order valence-electron chi connectivity index (χ0n) is 16.5. The summed E-state index contributed by atoms with van der Waals surface area (Å²) in [6, 6.07) is 7.05. The summed E-state index contributed by atoms with van der Waals surface area (Å²) in [6.07, 6.45) is 0.356. The van der Waals surface area contributed by atoms with E-state index in [2.05, 4.69) is 20.7 Å². The first-order chi connectivity index (χ1) is 15.0. The molecule has 2 aromatic carbocycles. The van der Waals surface area contributed by atoms with Gasteiger partial charge in [-0.15, -0.1) is 10.2 Å². The lowest BCUT2D eigenvalue weighted by Gasteiger charge is -2.38. The number of rotatable bonds is 4. The van der Waals surface area contributed by atoms with Crippen LogP contribution >= 0.6 is 0 Å². The van der Waals surface area contributed by atoms with E-state index in [4.69, 9.17) is 9.47 Å². The number of anilines is 2. The third-order valence-corrected chi connectivity index (χ3v) is 5.15. The number of benzene rings is 2. The molecule has 2 aliphatic rings. The largest absolute Gasteiger partial charge is 0.489 e. The molecule has 0 radical (unpaired) electrons. The zero-order valence-corrected chi connectivity index (χ0v) is 16.5. The highest BCUT2D eigenvalue weighted by atomic mass is 19.1. The van der Waals surface area contributed by atoms with Crippen molar-refractivity contribution in [2.75, 3.05) is 23.4 Å². The first-order valence-electron chi connectivity index (χ1n) is 9.63. The Morgan fingerprint density at radius 2 is 2.06 bits per heavy atom. The minimum Gasteiger partial charge on any atom is -0.489 e. The summed E-state index contributed by atoms with van der Waals surface area (Å²) in [4.78, 5) is 14.8. The standard InChI is InChI=1S/C20H18F2N6O3/c1-27-25-18(24-26-27)7-13-9-30-17-6-12(21)5-14(22)20(17)28(13)8-11-2-3-16-15(4-11)23-19(29)10-31-16/h2-6,13H,7-10H2,1H3,(H,23,29). The maximum absolute atomic E-state index is 14.8. The van der Waals surface area contributed by atoms with Crippen LogP contribution in [-0.4, -0.2) is 45.4 Å². The Bertz CT molecular complexity index is 1170. The van der Waals surface area contributed by atoms with Crippen LogP contribution < -0.4 is 19.7 Å². The fourth-order valence-electron chi connectivity index (χ4n) is 3.81. The minimum absolute atomic E-state index is 0.0346. The van der Waals surface area contributed by atoms with Gasteiger partial charge in [0, 0.05) is 25.1 Å². The number of halogens is 2. The second kappa shape index (κ2) is 7.49. The van der Waals surface area contributed by atoms with Crippen molar-refractivity contribution in [3.8, 4) is 11.5 Å². The summed E-state index contributed by atoms with van der Waals surface area (Å²) in [5.74, 6) is -0.484. The number of aromatic nitrogens is 4. The van der Waals surface area contributed by atoms with Crippen molar-refractivity contribution in [3.05, 3.63) is 53.4 Å². The quantitative estimate of drug-likeness (QED) is 0.678. The highest BCUT2D eigenvalue weighted by molar-refractivity contribution is 5.95. The molecule has 0 saturated carbocycles. The van der Waals surface area contributed by atoms with E-state index in [0.29, 0.717) is 23.7 Å². The second-order valence-electron chi connectivity index (χ2n) is 7.39. The number of fused-ring (bicyclic) bond motifs is 2. The number of nitrogens with zero attached hydrogens (tertiary/aromatic N) is 5. The van der Waals surface area contributed by atoms with Crippen LogP contribution in [0.4, 0.5) is 20.2 Å². The van der Waals surface area contributed by atoms with Crippen LogP contribution in [0.25, 0.3) is 0 Å². The molecule has 1 unspecified atom stereocenters. The summed E-state index contributed by atoms with van der Waals surface area (Å²) >= 11 is 0. The molecule has 5 rings (SSSR count). The van der Waals surface area contributed by atoms with E-state index in [9.17, 15) is 13.6 Å². The van der Waals surface area contributed by atoms with Gasteiger partial charge < -0.3 is 19.7 Å². The first-order valence-corrected chi connectivity index (χ1v) is 9.63. The van der Waals surface area contributed by atoms with Gasteiger partial charge in [-0.3, -0.25) is 4.79 Å². The van der Waals surface area contributed by atoms with Crippen molar-refractivity contribution in [2.45, 2.75) is 19.0 Å². The average molecular weight is 428 g/mol. The molecule has 3 heterocycles. The molecule has 1 atom stereocenters. The van der Waals surface area contributed by atoms with Crippen LogP contribution in [0, 0.1) is 11.6 Å². The molecular formula is C20H18F2N6O3. The van der Waals surface area contributed by atoms with E-state index in [-0.39, 0.29) is 43.1 Å². The van der Waals surface area contributed by atoms with Gasteiger partial charge in [-0.1, -0.05) is 6.07 Å². The van der Waals surface area contributed by atoms with Crippen LogP contribution in [0.15, 0.2) is 30.3 Å². The summed E-state index contributed by atoms with van der Waals surface area (Å²) in [5, 5.41) is 14.8. The maximum Gasteiger partial charge on any atom is 0.262 e. The lowest BCUT2D eigenvalue weighted by molar-refractivity contribution is -0.118. The van der Waals surface area contributed by atoms with Gasteiger partial charge in [0.2, 0.25) is 0 Å². The number of hydrogen-bond acceptors (Lipinski definition) is 7. The fraction of sp³-hybridized carbons (Fsp3) is 0.300. The lowest BCUT2D eigenvalue weighted by atomic mass is 10.1. The predicted molar refractivity (Wildman–Crippen MR) is 105 cm³/mol. The van der Waals surface area contributed by atoms with Crippen molar-refractivity contribution >= 4 is 17.3 Å². The van der Waals surface area contributed by atoms with Gasteiger partial charge in [0.25, 0.3) is 5.91 Å². The van der Waals surface area contributed by atoms with E-state index in [0.717, 1.165) is 11.6 Å². The van der Waals surface area contributed by atoms with Gasteiger partial charge >= 0.3 is 0 Å². The van der Waals surface area contributed by atoms with E-state index in [1.54, 1.807) is 24.1 Å². The summed E-state index contributed by atoms with van der Waals surface area (Å²) in [6.45, 7) is 0.444. The molecule has 2 aliphatic heterocycles. The average Bonchev–Trinajstić information content (AvgIpc) is 3.13. The predicted octanol–water partition coefficient (Wildman–Crippen LogP) is 1.83. The van der Waals surface area contributed by atoms with Crippen molar-refractivity contribution in [1.29, 1.82) is 0 Å². The molecule has 1 aromatic heterocycles. The van der Waals surface area contributed by atoms with E-state index >= 15 is 0 Å². The minimum atomic E-state index is -0.721. The SMILES string of the molecule is Cn1nnc(CC2COc3cc(F)cc(F)c3N2Cc2ccc3c(c2)NC(=O)CO3)n1. The van der Waals surface area contributed by atoms with E-state index < -0.39 is 11.6 Å². The van der Waals surface area contributed by atoms with Gasteiger partial charge in [-0.25, -0.2) is 8.78 Å². The topological polar surface area (TPSA) is 94.4 Å². The summed E-state index contributed by atoms with van der Waals surface area (Å²) in [7, 11) is 1.66. The molecule has 0 spiro atoms. The lowest BCUT2D eigenvalue weighted by Crippen LogP contribution is -2.45. The Kier molecular flexibility index (Phi) is 4.64. The smallest absolute Gasteiger partial charge is 0.262 e. The number of carbonyl (C=O) groups excluding carboxylic acids is 1. The van der Waals surface area contributed by atoms with Crippen LogP contribution in [0.1, 0.15) is 11.4 Å². The van der Waals surface area contributed by atoms with Crippen LogP contribution in [-0.2, 0) is 24.8 Å². The highest BCUT2D eigenvalue weighted by Crippen LogP contribution is 2.39. The summed E-state index contributed by atoms with van der Waals surface area (Å²) < 4.78 is 39.7. The number of tetrazole rings is 1. The van der Waals surface area contributed by atoms with Crippen molar-refractivity contribution < 1.29 is 23.0 Å². The molecule has 31 heavy (non-hydrogen) atoms. The Hall–Kier alpha value is -3.76. The molecule has 0 saturated heterocycles. The van der Waals surface area contributed by atoms with Gasteiger partial charge in [0.1, 0.15) is 29.6 Å². The van der Waals surface area contributed by atoms with Crippen LogP contribution in [0.5, 0.6) is 11.5 Å². The molecule has 9 nitrogen and oxygen atoms in total. The normalized spacial score (nSPS) is 17.3. The highest BCUT2D eigenvalue weighted by Gasteiger charge is 2.32. The Morgan fingerprint density at radius 1 is 1.19 bits per heavy atom. The van der Waals surface area contributed by atoms with E-state index in [1.165, 1.54) is 10.9 Å². The molecule has 160 valence electrons. The molecule has 0 aliphatic carbocycles. The maximum atomic E-state index is 14.8. The molecule has 1 amide bonds. The van der Waals surface area contributed by atoms with Crippen molar-refractivity contribution in [1.82, 2.24) is 20.2 Å². The van der Waals surface area contributed by atoms with Crippen LogP contribution in [0.2, 0.25) is 0 Å². The van der Waals surface area contributed by atoms with Gasteiger partial charge in [0.15, 0.2) is 18.2 Å². The molecule has 0 fully saturated rings. The molecule has 0 bridgehead atoms. The molecular weight excluding hydrogens is 410 g/mol. The third-order valence-electron chi connectivity index (χ3n) is 5.15.